The second-order valence-corrected chi connectivity index (χ2v) is 8.44. The monoisotopic (exact) mass is 411 g/mol. The van der Waals surface area contributed by atoms with E-state index in [1.165, 1.54) is 6.07 Å². The van der Waals surface area contributed by atoms with E-state index in [0.29, 0.717) is 5.92 Å². The van der Waals surface area contributed by atoms with Gasteiger partial charge in [-0.1, -0.05) is 18.2 Å². The highest BCUT2D eigenvalue weighted by atomic mass is 19.1. The molecule has 0 amide bonds. The standard InChI is InChI=1S/C27H22FNO2/c1-16-12-22-21-4-2-3-5-25(21)31-27(22)23(13-16)26-20-7-6-19(28)14-18(20)15-24(29-26)17-8-10-30-11-9-17/h2-7,12-15,17H,8-11H2,1H3. The Morgan fingerprint density at radius 1 is 0.903 bits per heavy atom. The van der Waals surface area contributed by atoms with Crippen molar-refractivity contribution in [1.82, 2.24) is 4.98 Å². The Labute approximate surface area is 179 Å². The zero-order valence-corrected chi connectivity index (χ0v) is 17.3. The van der Waals surface area contributed by atoms with E-state index >= 15 is 0 Å². The van der Waals surface area contributed by atoms with Crippen molar-refractivity contribution < 1.29 is 13.5 Å². The molecule has 0 spiro atoms. The molecule has 3 nitrogen and oxygen atoms in total. The average Bonchev–Trinajstić information content (AvgIpc) is 3.17. The number of para-hydroxylation sites is 1. The number of aromatic nitrogens is 1. The van der Waals surface area contributed by atoms with Gasteiger partial charge >= 0.3 is 0 Å². The summed E-state index contributed by atoms with van der Waals surface area (Å²) in [7, 11) is 0. The van der Waals surface area contributed by atoms with Gasteiger partial charge in [-0.2, -0.15) is 0 Å². The lowest BCUT2D eigenvalue weighted by Gasteiger charge is -2.23. The van der Waals surface area contributed by atoms with E-state index in [0.717, 1.165) is 81.3 Å². The summed E-state index contributed by atoms with van der Waals surface area (Å²) in [5.74, 6) is 0.0804. The molecular formula is C27H22FNO2. The number of nitrogens with zero attached hydrogens (tertiary/aromatic N) is 1. The van der Waals surface area contributed by atoms with Crippen LogP contribution in [-0.2, 0) is 4.74 Å². The number of aryl methyl sites for hydroxylation is 1. The molecule has 6 rings (SSSR count). The highest BCUT2D eigenvalue weighted by Gasteiger charge is 2.22. The molecule has 0 aliphatic carbocycles. The number of hydrogen-bond acceptors (Lipinski definition) is 3. The summed E-state index contributed by atoms with van der Waals surface area (Å²) in [6.07, 6.45) is 1.86. The van der Waals surface area contributed by atoms with Crippen LogP contribution >= 0.6 is 0 Å². The van der Waals surface area contributed by atoms with E-state index in [-0.39, 0.29) is 5.82 Å². The Morgan fingerprint density at radius 3 is 2.61 bits per heavy atom. The van der Waals surface area contributed by atoms with E-state index in [9.17, 15) is 4.39 Å². The first-order chi connectivity index (χ1) is 15.2. The van der Waals surface area contributed by atoms with E-state index in [4.69, 9.17) is 14.1 Å². The van der Waals surface area contributed by atoms with Crippen molar-refractivity contribution in [3.8, 4) is 11.3 Å². The van der Waals surface area contributed by atoms with Crippen LogP contribution in [0.15, 0.2) is 65.1 Å². The second kappa shape index (κ2) is 7.17. The number of ether oxygens (including phenoxy) is 1. The molecule has 1 saturated heterocycles. The Balaban J connectivity index is 1.68. The molecule has 1 fully saturated rings. The summed E-state index contributed by atoms with van der Waals surface area (Å²) in [4.78, 5) is 5.15. The molecule has 0 atom stereocenters. The smallest absolute Gasteiger partial charge is 0.144 e. The highest BCUT2D eigenvalue weighted by molar-refractivity contribution is 6.11. The summed E-state index contributed by atoms with van der Waals surface area (Å²) < 4.78 is 26.0. The summed E-state index contributed by atoms with van der Waals surface area (Å²) >= 11 is 0. The number of rotatable bonds is 2. The number of furan rings is 1. The number of benzene rings is 3. The maximum atomic E-state index is 14.1. The van der Waals surface area contributed by atoms with Gasteiger partial charge in [0.15, 0.2) is 0 Å². The van der Waals surface area contributed by atoms with Crippen LogP contribution in [0.5, 0.6) is 0 Å². The summed E-state index contributed by atoms with van der Waals surface area (Å²) in [6.45, 7) is 3.57. The van der Waals surface area contributed by atoms with Crippen LogP contribution in [-0.4, -0.2) is 18.2 Å². The van der Waals surface area contributed by atoms with Crippen LogP contribution in [0.4, 0.5) is 4.39 Å². The quantitative estimate of drug-likeness (QED) is 0.310. The van der Waals surface area contributed by atoms with Crippen LogP contribution in [0.3, 0.4) is 0 Å². The molecule has 1 aliphatic rings. The van der Waals surface area contributed by atoms with Crippen LogP contribution in [0.2, 0.25) is 0 Å². The second-order valence-electron chi connectivity index (χ2n) is 8.44. The molecular weight excluding hydrogens is 389 g/mol. The molecule has 3 heterocycles. The molecule has 4 heteroatoms. The van der Waals surface area contributed by atoms with Gasteiger partial charge in [0.25, 0.3) is 0 Å². The molecule has 0 N–H and O–H groups in total. The fraction of sp³-hybridized carbons (Fsp3) is 0.222. The number of fused-ring (bicyclic) bond motifs is 4. The van der Waals surface area contributed by atoms with Crippen molar-refractivity contribution in [3.63, 3.8) is 0 Å². The topological polar surface area (TPSA) is 35.3 Å². The average molecular weight is 411 g/mol. The van der Waals surface area contributed by atoms with Gasteiger partial charge in [0.1, 0.15) is 17.0 Å². The minimum absolute atomic E-state index is 0.235. The molecule has 31 heavy (non-hydrogen) atoms. The lowest BCUT2D eigenvalue weighted by atomic mass is 9.92. The molecule has 2 aromatic heterocycles. The minimum atomic E-state index is -0.235. The lowest BCUT2D eigenvalue weighted by molar-refractivity contribution is 0.0845. The fourth-order valence-corrected chi connectivity index (χ4v) is 4.80. The molecule has 0 bridgehead atoms. The normalized spacial score (nSPS) is 15.3. The molecule has 0 unspecified atom stereocenters. The number of pyridine rings is 1. The highest BCUT2D eigenvalue weighted by Crippen LogP contribution is 2.40. The van der Waals surface area contributed by atoms with Gasteiger partial charge in [-0.3, -0.25) is 4.98 Å². The minimum Gasteiger partial charge on any atom is -0.455 e. The number of halogens is 1. The molecule has 3 aromatic carbocycles. The SMILES string of the molecule is Cc1cc(-c2nc(C3CCOCC3)cc3cc(F)ccc23)c2oc3ccccc3c2c1. The Bertz CT molecular complexity index is 1450. The maximum absolute atomic E-state index is 14.1. The predicted molar refractivity (Wildman–Crippen MR) is 122 cm³/mol. The first kappa shape index (κ1) is 18.5. The third-order valence-corrected chi connectivity index (χ3v) is 6.33. The van der Waals surface area contributed by atoms with Gasteiger partial charge in [0.2, 0.25) is 0 Å². The van der Waals surface area contributed by atoms with E-state index < -0.39 is 0 Å². The summed E-state index contributed by atoms with van der Waals surface area (Å²) in [5, 5.41) is 3.99. The Morgan fingerprint density at radius 2 is 1.74 bits per heavy atom. The third-order valence-electron chi connectivity index (χ3n) is 6.33. The zero-order chi connectivity index (χ0) is 20.9. The zero-order valence-electron chi connectivity index (χ0n) is 17.3. The molecule has 5 aromatic rings. The van der Waals surface area contributed by atoms with Crippen LogP contribution in [0.1, 0.15) is 30.0 Å². The van der Waals surface area contributed by atoms with Gasteiger partial charge in [-0.05, 0) is 73.2 Å². The molecule has 0 saturated carbocycles. The van der Waals surface area contributed by atoms with Crippen molar-refractivity contribution in [2.24, 2.45) is 0 Å². The summed E-state index contributed by atoms with van der Waals surface area (Å²) in [5.41, 5.74) is 5.64. The van der Waals surface area contributed by atoms with E-state index in [1.54, 1.807) is 6.07 Å². The van der Waals surface area contributed by atoms with Crippen molar-refractivity contribution in [2.45, 2.75) is 25.7 Å². The van der Waals surface area contributed by atoms with E-state index in [1.807, 2.05) is 30.3 Å². The van der Waals surface area contributed by atoms with Gasteiger partial charge in [-0.15, -0.1) is 0 Å². The van der Waals surface area contributed by atoms with Crippen molar-refractivity contribution in [1.29, 1.82) is 0 Å². The number of hydrogen-bond donors (Lipinski definition) is 0. The molecule has 0 radical (unpaired) electrons. The van der Waals surface area contributed by atoms with Gasteiger partial charge < -0.3 is 9.15 Å². The van der Waals surface area contributed by atoms with Gasteiger partial charge in [-0.25, -0.2) is 4.39 Å². The Kier molecular flexibility index (Phi) is 4.29. The van der Waals surface area contributed by atoms with Crippen molar-refractivity contribution >= 4 is 32.7 Å². The van der Waals surface area contributed by atoms with Gasteiger partial charge in [0, 0.05) is 46.5 Å². The largest absolute Gasteiger partial charge is 0.455 e. The first-order valence-corrected chi connectivity index (χ1v) is 10.8. The van der Waals surface area contributed by atoms with Crippen LogP contribution in [0.25, 0.3) is 44.0 Å². The summed E-state index contributed by atoms with van der Waals surface area (Å²) in [6, 6.07) is 19.4. The Hall–Kier alpha value is -3.24. The first-order valence-electron chi connectivity index (χ1n) is 10.8. The molecule has 154 valence electrons. The van der Waals surface area contributed by atoms with Crippen LogP contribution in [0, 0.1) is 12.7 Å². The van der Waals surface area contributed by atoms with Crippen molar-refractivity contribution in [2.75, 3.05) is 13.2 Å². The van der Waals surface area contributed by atoms with E-state index in [2.05, 4.69) is 25.1 Å². The fourth-order valence-electron chi connectivity index (χ4n) is 4.80. The maximum Gasteiger partial charge on any atom is 0.144 e. The lowest BCUT2D eigenvalue weighted by Crippen LogP contribution is -2.15. The predicted octanol–water partition coefficient (Wildman–Crippen LogP) is 7.14. The third kappa shape index (κ3) is 3.10. The van der Waals surface area contributed by atoms with Crippen LogP contribution < -0.4 is 0 Å². The van der Waals surface area contributed by atoms with Gasteiger partial charge in [0.05, 0.1) is 5.69 Å². The molecule has 1 aliphatic heterocycles. The van der Waals surface area contributed by atoms with Crippen molar-refractivity contribution in [3.05, 3.63) is 77.7 Å².